The van der Waals surface area contributed by atoms with E-state index >= 15 is 0 Å². The fraction of sp³-hybridized carbons (Fsp3) is 0.400. The molecule has 0 fully saturated rings. The predicted octanol–water partition coefficient (Wildman–Crippen LogP) is 3.39. The molecule has 1 aromatic rings. The van der Waals surface area contributed by atoms with Gasteiger partial charge in [0.25, 0.3) is 0 Å². The summed E-state index contributed by atoms with van der Waals surface area (Å²) in [6.07, 6.45) is 1.79. The summed E-state index contributed by atoms with van der Waals surface area (Å²) in [5.74, 6) is -0.227. The predicted molar refractivity (Wildman–Crippen MR) is 55.9 cm³/mol. The van der Waals surface area contributed by atoms with Crippen LogP contribution in [0.5, 0.6) is 0 Å². The molecule has 0 heterocycles. The second-order valence-corrected chi connectivity index (χ2v) is 3.98. The van der Waals surface area contributed by atoms with E-state index in [0.717, 1.165) is 17.3 Å². The van der Waals surface area contributed by atoms with Crippen LogP contribution in [0.2, 0.25) is 0 Å². The van der Waals surface area contributed by atoms with Gasteiger partial charge in [-0.1, -0.05) is 35.3 Å². The second kappa shape index (κ2) is 4.72. The molecule has 0 spiro atoms. The molecule has 0 saturated heterocycles. The van der Waals surface area contributed by atoms with E-state index in [1.54, 1.807) is 6.07 Å². The number of hydrogen-bond acceptors (Lipinski definition) is 1. The molecule has 0 aromatic heterocycles. The Morgan fingerprint density at radius 1 is 1.54 bits per heavy atom. The first kappa shape index (κ1) is 10.7. The molecule has 1 aromatic carbocycles. The molecule has 3 heteroatoms. The summed E-state index contributed by atoms with van der Waals surface area (Å²) in [4.78, 5) is 0. The molecule has 0 radical (unpaired) electrons. The molecule has 0 aliphatic heterocycles. The zero-order chi connectivity index (χ0) is 9.84. The van der Waals surface area contributed by atoms with Gasteiger partial charge in [-0.2, -0.15) is 0 Å². The molecular weight excluding hydrogens is 233 g/mol. The average molecular weight is 246 g/mol. The molecule has 72 valence electrons. The third kappa shape index (κ3) is 2.78. The van der Waals surface area contributed by atoms with Gasteiger partial charge < -0.3 is 5.73 Å². The number of halogens is 2. The Hall–Kier alpha value is -0.410. The molecule has 0 saturated carbocycles. The fourth-order valence-corrected chi connectivity index (χ4v) is 1.60. The van der Waals surface area contributed by atoms with Crippen molar-refractivity contribution < 1.29 is 4.39 Å². The summed E-state index contributed by atoms with van der Waals surface area (Å²) >= 11 is 3.20. The monoisotopic (exact) mass is 245 g/mol. The first-order valence-corrected chi connectivity index (χ1v) is 5.15. The molecule has 0 unspecified atom stereocenters. The van der Waals surface area contributed by atoms with Gasteiger partial charge in [0, 0.05) is 16.1 Å². The van der Waals surface area contributed by atoms with Crippen LogP contribution in [-0.2, 0) is 0 Å². The van der Waals surface area contributed by atoms with E-state index in [0.29, 0.717) is 5.56 Å². The molecule has 0 aliphatic rings. The van der Waals surface area contributed by atoms with Crippen LogP contribution < -0.4 is 5.73 Å². The summed E-state index contributed by atoms with van der Waals surface area (Å²) in [5.41, 5.74) is 6.40. The Kier molecular flexibility index (Phi) is 3.88. The summed E-state index contributed by atoms with van der Waals surface area (Å²) in [7, 11) is 0. The third-order valence-corrected chi connectivity index (χ3v) is 2.45. The van der Waals surface area contributed by atoms with Crippen molar-refractivity contribution >= 4 is 15.9 Å². The van der Waals surface area contributed by atoms with E-state index in [-0.39, 0.29) is 11.9 Å². The maximum Gasteiger partial charge on any atom is 0.129 e. The molecule has 0 bridgehead atoms. The van der Waals surface area contributed by atoms with Gasteiger partial charge in [-0.05, 0) is 18.6 Å². The van der Waals surface area contributed by atoms with E-state index in [1.807, 2.05) is 13.0 Å². The maximum absolute atomic E-state index is 13.3. The molecule has 0 aliphatic carbocycles. The van der Waals surface area contributed by atoms with Crippen molar-refractivity contribution in [3.8, 4) is 0 Å². The smallest absolute Gasteiger partial charge is 0.129 e. The molecule has 1 atom stereocenters. The van der Waals surface area contributed by atoms with Gasteiger partial charge >= 0.3 is 0 Å². The highest BCUT2D eigenvalue weighted by atomic mass is 79.9. The highest BCUT2D eigenvalue weighted by molar-refractivity contribution is 9.10. The molecule has 0 amide bonds. The van der Waals surface area contributed by atoms with Crippen molar-refractivity contribution in [1.29, 1.82) is 0 Å². The average Bonchev–Trinajstić information content (AvgIpc) is 2.04. The van der Waals surface area contributed by atoms with E-state index < -0.39 is 0 Å². The standard InChI is InChI=1S/C10H13BrFN/c1-2-3-10(13)8-5-4-7(11)6-9(8)12/h4-6,10H,2-3,13H2,1H3/t10-/m0/s1. The molecule has 13 heavy (non-hydrogen) atoms. The highest BCUT2D eigenvalue weighted by Crippen LogP contribution is 2.22. The zero-order valence-electron chi connectivity index (χ0n) is 7.56. The van der Waals surface area contributed by atoms with Gasteiger partial charge in [0.2, 0.25) is 0 Å². The number of rotatable bonds is 3. The van der Waals surface area contributed by atoms with Gasteiger partial charge in [0.1, 0.15) is 5.82 Å². The second-order valence-electron chi connectivity index (χ2n) is 3.06. The van der Waals surface area contributed by atoms with Crippen molar-refractivity contribution in [2.45, 2.75) is 25.8 Å². The minimum Gasteiger partial charge on any atom is -0.324 e. The zero-order valence-corrected chi connectivity index (χ0v) is 9.14. The Morgan fingerprint density at radius 3 is 2.77 bits per heavy atom. The van der Waals surface area contributed by atoms with Crippen molar-refractivity contribution in [3.63, 3.8) is 0 Å². The summed E-state index contributed by atoms with van der Waals surface area (Å²) in [5, 5.41) is 0. The largest absolute Gasteiger partial charge is 0.324 e. The molecule has 1 nitrogen and oxygen atoms in total. The van der Waals surface area contributed by atoms with Gasteiger partial charge in [0.05, 0.1) is 0 Å². The van der Waals surface area contributed by atoms with Crippen molar-refractivity contribution in [2.75, 3.05) is 0 Å². The minimum absolute atomic E-state index is 0.182. The minimum atomic E-state index is -0.227. The third-order valence-electron chi connectivity index (χ3n) is 1.96. The maximum atomic E-state index is 13.3. The Labute approximate surface area is 86.3 Å². The van der Waals surface area contributed by atoms with Crippen LogP contribution in [-0.4, -0.2) is 0 Å². The van der Waals surface area contributed by atoms with Crippen molar-refractivity contribution in [2.24, 2.45) is 5.73 Å². The van der Waals surface area contributed by atoms with Gasteiger partial charge in [-0.25, -0.2) is 4.39 Å². The number of nitrogens with two attached hydrogens (primary N) is 1. The van der Waals surface area contributed by atoms with E-state index in [4.69, 9.17) is 5.73 Å². The van der Waals surface area contributed by atoms with Gasteiger partial charge in [-0.3, -0.25) is 0 Å². The summed E-state index contributed by atoms with van der Waals surface area (Å²) in [6.45, 7) is 2.04. The van der Waals surface area contributed by atoms with Crippen LogP contribution in [0.4, 0.5) is 4.39 Å². The summed E-state index contributed by atoms with van der Waals surface area (Å²) < 4.78 is 14.1. The Morgan fingerprint density at radius 2 is 2.23 bits per heavy atom. The van der Waals surface area contributed by atoms with E-state index in [1.165, 1.54) is 6.07 Å². The van der Waals surface area contributed by atoms with Gasteiger partial charge in [0.15, 0.2) is 0 Å². The van der Waals surface area contributed by atoms with E-state index in [9.17, 15) is 4.39 Å². The van der Waals surface area contributed by atoms with Crippen LogP contribution in [0, 0.1) is 5.82 Å². The lowest BCUT2D eigenvalue weighted by molar-refractivity contribution is 0.559. The highest BCUT2D eigenvalue weighted by Gasteiger charge is 2.09. The number of benzene rings is 1. The van der Waals surface area contributed by atoms with E-state index in [2.05, 4.69) is 15.9 Å². The normalized spacial score (nSPS) is 12.9. The quantitative estimate of drug-likeness (QED) is 0.869. The molecule has 1 rings (SSSR count). The fourth-order valence-electron chi connectivity index (χ4n) is 1.27. The van der Waals surface area contributed by atoms with Crippen molar-refractivity contribution in [3.05, 3.63) is 34.1 Å². The molecular formula is C10H13BrFN. The summed E-state index contributed by atoms with van der Waals surface area (Å²) in [6, 6.07) is 4.82. The lowest BCUT2D eigenvalue weighted by Gasteiger charge is -2.11. The van der Waals surface area contributed by atoms with Crippen LogP contribution >= 0.6 is 15.9 Å². The molecule has 2 N–H and O–H groups in total. The Balaban J connectivity index is 2.88. The van der Waals surface area contributed by atoms with Crippen LogP contribution in [0.15, 0.2) is 22.7 Å². The van der Waals surface area contributed by atoms with Crippen molar-refractivity contribution in [1.82, 2.24) is 0 Å². The number of hydrogen-bond donors (Lipinski definition) is 1. The van der Waals surface area contributed by atoms with Crippen LogP contribution in [0.3, 0.4) is 0 Å². The lowest BCUT2D eigenvalue weighted by Crippen LogP contribution is -2.11. The first-order valence-electron chi connectivity index (χ1n) is 4.35. The van der Waals surface area contributed by atoms with Crippen LogP contribution in [0.1, 0.15) is 31.4 Å². The topological polar surface area (TPSA) is 26.0 Å². The first-order chi connectivity index (χ1) is 6.15. The van der Waals surface area contributed by atoms with Crippen LogP contribution in [0.25, 0.3) is 0 Å². The van der Waals surface area contributed by atoms with Gasteiger partial charge in [-0.15, -0.1) is 0 Å². The Bertz CT molecular complexity index is 288. The lowest BCUT2D eigenvalue weighted by atomic mass is 10.0. The SMILES string of the molecule is CCC[C@H](N)c1ccc(Br)cc1F.